The van der Waals surface area contributed by atoms with E-state index in [1.54, 1.807) is 18.2 Å². The number of carbonyl (C=O) groups excluding carboxylic acids is 1. The quantitative estimate of drug-likeness (QED) is 0.766. The highest BCUT2D eigenvalue weighted by Gasteiger charge is 2.15. The van der Waals surface area contributed by atoms with Crippen LogP contribution in [0.3, 0.4) is 0 Å². The van der Waals surface area contributed by atoms with E-state index in [1.807, 2.05) is 30.3 Å². The first kappa shape index (κ1) is 15.4. The van der Waals surface area contributed by atoms with E-state index < -0.39 is 0 Å². The number of nitrogens with one attached hydrogen (secondary N) is 1. The van der Waals surface area contributed by atoms with Gasteiger partial charge in [-0.1, -0.05) is 41.9 Å². The number of alkyl halides is 1. The minimum Gasteiger partial charge on any atom is -0.344 e. The van der Waals surface area contributed by atoms with Crippen LogP contribution in [0.2, 0.25) is 5.02 Å². The van der Waals surface area contributed by atoms with Crippen molar-refractivity contribution < 1.29 is 4.79 Å². The summed E-state index contributed by atoms with van der Waals surface area (Å²) in [5.74, 6) is 0.127. The molecule has 0 fully saturated rings. The van der Waals surface area contributed by atoms with Gasteiger partial charge in [-0.3, -0.25) is 4.79 Å². The molecule has 0 spiro atoms. The van der Waals surface area contributed by atoms with Crippen LogP contribution in [0.5, 0.6) is 0 Å². The predicted molar refractivity (Wildman–Crippen MR) is 86.5 cm³/mol. The molecule has 2 rings (SSSR count). The van der Waals surface area contributed by atoms with E-state index in [0.29, 0.717) is 20.9 Å². The van der Waals surface area contributed by atoms with Crippen LogP contribution in [0.25, 0.3) is 0 Å². The van der Waals surface area contributed by atoms with Crippen molar-refractivity contribution in [1.29, 1.82) is 0 Å². The van der Waals surface area contributed by atoms with Crippen molar-refractivity contribution in [2.45, 2.75) is 6.04 Å². The van der Waals surface area contributed by atoms with Crippen LogP contribution in [0.4, 0.5) is 0 Å². The average molecular weight is 373 g/mol. The van der Waals surface area contributed by atoms with Crippen molar-refractivity contribution in [1.82, 2.24) is 5.32 Å². The first-order valence-electron chi connectivity index (χ1n) is 5.98. The summed E-state index contributed by atoms with van der Waals surface area (Å²) in [5, 5.41) is 3.48. The molecule has 104 valence electrons. The smallest absolute Gasteiger partial charge is 0.251 e. The second-order valence-corrected chi connectivity index (χ2v) is 5.79. The summed E-state index contributed by atoms with van der Waals surface area (Å²) in [7, 11) is 0. The van der Waals surface area contributed by atoms with Crippen molar-refractivity contribution in [2.24, 2.45) is 0 Å². The summed E-state index contributed by atoms with van der Waals surface area (Å²) in [6.45, 7) is 0. The molecule has 2 aromatic carbocycles. The third kappa shape index (κ3) is 3.75. The van der Waals surface area contributed by atoms with E-state index in [9.17, 15) is 4.79 Å². The fourth-order valence-corrected chi connectivity index (χ4v) is 2.53. The van der Waals surface area contributed by atoms with Crippen molar-refractivity contribution in [2.75, 3.05) is 5.88 Å². The summed E-state index contributed by atoms with van der Waals surface area (Å²) in [5.41, 5.74) is 1.51. The summed E-state index contributed by atoms with van der Waals surface area (Å²) in [6.07, 6.45) is 0. The highest BCUT2D eigenvalue weighted by Crippen LogP contribution is 2.23. The van der Waals surface area contributed by atoms with Gasteiger partial charge in [0.15, 0.2) is 0 Å². The van der Waals surface area contributed by atoms with E-state index in [2.05, 4.69) is 21.2 Å². The third-order valence-electron chi connectivity index (χ3n) is 2.84. The van der Waals surface area contributed by atoms with Crippen molar-refractivity contribution in [3.05, 3.63) is 69.2 Å². The molecule has 0 aliphatic rings. The lowest BCUT2D eigenvalue weighted by Gasteiger charge is -2.16. The second-order valence-electron chi connectivity index (χ2n) is 4.22. The van der Waals surface area contributed by atoms with Crippen LogP contribution in [0, 0.1) is 0 Å². The molecule has 2 nitrogen and oxygen atoms in total. The van der Waals surface area contributed by atoms with Gasteiger partial charge < -0.3 is 5.32 Å². The number of carbonyl (C=O) groups is 1. The zero-order chi connectivity index (χ0) is 14.5. The van der Waals surface area contributed by atoms with Crippen molar-refractivity contribution >= 4 is 45.0 Å². The minimum absolute atomic E-state index is 0.183. The Balaban J connectivity index is 2.15. The average Bonchev–Trinajstić information content (AvgIpc) is 2.48. The van der Waals surface area contributed by atoms with Gasteiger partial charge in [0, 0.05) is 15.9 Å². The zero-order valence-electron chi connectivity index (χ0n) is 10.4. The Hall–Kier alpha value is -1.03. The summed E-state index contributed by atoms with van der Waals surface area (Å²) in [4.78, 5) is 12.2. The Labute approximate surface area is 136 Å². The number of rotatable bonds is 4. The SMILES string of the molecule is O=C(NC(CCl)c1ccccc1)c1ccc(Cl)c(Br)c1. The van der Waals surface area contributed by atoms with Gasteiger partial charge in [0.25, 0.3) is 5.91 Å². The molecular weight excluding hydrogens is 361 g/mol. The fourth-order valence-electron chi connectivity index (χ4n) is 1.78. The van der Waals surface area contributed by atoms with Gasteiger partial charge in [0.1, 0.15) is 0 Å². The summed E-state index contributed by atoms with van der Waals surface area (Å²) < 4.78 is 0.689. The zero-order valence-corrected chi connectivity index (χ0v) is 13.5. The van der Waals surface area contributed by atoms with Crippen LogP contribution in [-0.4, -0.2) is 11.8 Å². The Morgan fingerprint density at radius 1 is 1.20 bits per heavy atom. The molecule has 1 atom stereocenters. The number of hydrogen-bond acceptors (Lipinski definition) is 1. The van der Waals surface area contributed by atoms with Gasteiger partial charge in [-0.15, -0.1) is 11.6 Å². The van der Waals surface area contributed by atoms with E-state index >= 15 is 0 Å². The van der Waals surface area contributed by atoms with Crippen molar-refractivity contribution in [3.63, 3.8) is 0 Å². The Morgan fingerprint density at radius 2 is 1.90 bits per heavy atom. The highest BCUT2D eigenvalue weighted by molar-refractivity contribution is 9.10. The van der Waals surface area contributed by atoms with Crippen LogP contribution in [0.15, 0.2) is 53.0 Å². The number of amides is 1. The monoisotopic (exact) mass is 371 g/mol. The third-order valence-corrected chi connectivity index (χ3v) is 4.37. The molecule has 1 unspecified atom stereocenters. The Morgan fingerprint density at radius 3 is 2.50 bits per heavy atom. The highest BCUT2D eigenvalue weighted by atomic mass is 79.9. The van der Waals surface area contributed by atoms with Gasteiger partial charge in [-0.25, -0.2) is 0 Å². The van der Waals surface area contributed by atoms with Gasteiger partial charge in [-0.05, 0) is 39.7 Å². The summed E-state index contributed by atoms with van der Waals surface area (Å²) >= 11 is 15.2. The molecule has 2 aromatic rings. The molecule has 0 aliphatic heterocycles. The number of halogens is 3. The Kier molecular flexibility index (Phi) is 5.46. The molecule has 0 bridgehead atoms. The molecule has 0 radical (unpaired) electrons. The number of benzene rings is 2. The van der Waals surface area contributed by atoms with Crippen LogP contribution in [-0.2, 0) is 0 Å². The maximum absolute atomic E-state index is 12.2. The first-order valence-corrected chi connectivity index (χ1v) is 7.69. The lowest BCUT2D eigenvalue weighted by Crippen LogP contribution is -2.29. The van der Waals surface area contributed by atoms with E-state index in [1.165, 1.54) is 0 Å². The standard InChI is InChI=1S/C15H12BrCl2NO/c16-12-8-11(6-7-13(12)18)15(20)19-14(9-17)10-4-2-1-3-5-10/h1-8,14H,9H2,(H,19,20). The van der Waals surface area contributed by atoms with E-state index in [0.717, 1.165) is 5.56 Å². The second kappa shape index (κ2) is 7.11. The van der Waals surface area contributed by atoms with Gasteiger partial charge >= 0.3 is 0 Å². The molecule has 0 saturated carbocycles. The summed E-state index contributed by atoms with van der Waals surface area (Å²) in [6, 6.07) is 14.5. The maximum atomic E-state index is 12.2. The van der Waals surface area contributed by atoms with Crippen LogP contribution >= 0.6 is 39.1 Å². The van der Waals surface area contributed by atoms with Crippen molar-refractivity contribution in [3.8, 4) is 0 Å². The topological polar surface area (TPSA) is 29.1 Å². The number of hydrogen-bond donors (Lipinski definition) is 1. The predicted octanol–water partition coefficient (Wildman–Crippen LogP) is 4.81. The molecule has 1 N–H and O–H groups in total. The molecule has 1 amide bonds. The lowest BCUT2D eigenvalue weighted by atomic mass is 10.1. The largest absolute Gasteiger partial charge is 0.344 e. The van der Waals surface area contributed by atoms with Crippen LogP contribution < -0.4 is 5.32 Å². The molecule has 0 aromatic heterocycles. The Bertz CT molecular complexity index is 604. The fraction of sp³-hybridized carbons (Fsp3) is 0.133. The molecule has 0 aliphatic carbocycles. The molecule has 5 heteroatoms. The molecular formula is C15H12BrCl2NO. The van der Waals surface area contributed by atoms with Gasteiger partial charge in [0.2, 0.25) is 0 Å². The lowest BCUT2D eigenvalue weighted by molar-refractivity contribution is 0.0940. The van der Waals surface area contributed by atoms with E-state index in [-0.39, 0.29) is 11.9 Å². The van der Waals surface area contributed by atoms with Gasteiger partial charge in [-0.2, -0.15) is 0 Å². The minimum atomic E-state index is -0.222. The van der Waals surface area contributed by atoms with Gasteiger partial charge in [0.05, 0.1) is 11.1 Å². The maximum Gasteiger partial charge on any atom is 0.251 e. The van der Waals surface area contributed by atoms with Crippen LogP contribution in [0.1, 0.15) is 22.0 Å². The molecule has 0 heterocycles. The van der Waals surface area contributed by atoms with E-state index in [4.69, 9.17) is 23.2 Å². The first-order chi connectivity index (χ1) is 9.61. The molecule has 20 heavy (non-hydrogen) atoms. The normalized spacial score (nSPS) is 11.9. The molecule has 0 saturated heterocycles.